The molecule has 1 unspecified atom stereocenters. The van der Waals surface area contributed by atoms with E-state index in [1.807, 2.05) is 0 Å². The van der Waals surface area contributed by atoms with Gasteiger partial charge in [-0.25, -0.2) is 4.68 Å². The zero-order chi connectivity index (χ0) is 18.0. The van der Waals surface area contributed by atoms with Crippen molar-refractivity contribution in [2.24, 2.45) is 5.92 Å². The number of carbonyl (C=O) groups is 1. The van der Waals surface area contributed by atoms with Gasteiger partial charge in [-0.1, -0.05) is 61.7 Å². The van der Waals surface area contributed by atoms with Gasteiger partial charge in [-0.15, -0.1) is 0 Å². The van der Waals surface area contributed by atoms with E-state index in [1.54, 1.807) is 10.9 Å². The minimum absolute atomic E-state index is 0.0338. The SMILES string of the molecule is Nc1nn(C=CC=O)c2c1C=CC(c1ccccc1)(C1CCCCC1)C2. The molecule has 4 rings (SSSR count). The zero-order valence-electron chi connectivity index (χ0n) is 15.0. The summed E-state index contributed by atoms with van der Waals surface area (Å²) in [5, 5.41) is 4.43. The van der Waals surface area contributed by atoms with Crippen molar-refractivity contribution in [3.05, 3.63) is 59.3 Å². The number of nitrogens with zero attached hydrogens (tertiary/aromatic N) is 2. The van der Waals surface area contributed by atoms with Gasteiger partial charge in [-0.05, 0) is 30.4 Å². The van der Waals surface area contributed by atoms with Crippen LogP contribution in [-0.4, -0.2) is 16.1 Å². The average molecular weight is 347 g/mol. The Bertz CT molecular complexity index is 844. The van der Waals surface area contributed by atoms with Gasteiger partial charge in [-0.3, -0.25) is 4.79 Å². The first-order valence-electron chi connectivity index (χ1n) is 9.48. The summed E-state index contributed by atoms with van der Waals surface area (Å²) >= 11 is 0. The molecule has 0 aliphatic heterocycles. The number of rotatable bonds is 4. The van der Waals surface area contributed by atoms with Gasteiger partial charge in [0.15, 0.2) is 5.82 Å². The van der Waals surface area contributed by atoms with Crippen molar-refractivity contribution in [3.8, 4) is 0 Å². The molecular weight excluding hydrogens is 322 g/mol. The molecule has 1 saturated carbocycles. The molecule has 1 aromatic heterocycles. The largest absolute Gasteiger partial charge is 0.382 e. The van der Waals surface area contributed by atoms with Crippen LogP contribution in [0.4, 0.5) is 5.82 Å². The molecule has 0 bridgehead atoms. The Morgan fingerprint density at radius 3 is 2.65 bits per heavy atom. The Hall–Kier alpha value is -2.62. The van der Waals surface area contributed by atoms with E-state index < -0.39 is 0 Å². The van der Waals surface area contributed by atoms with Crippen molar-refractivity contribution in [3.63, 3.8) is 0 Å². The molecular formula is C22H25N3O. The normalized spacial score (nSPS) is 23.2. The van der Waals surface area contributed by atoms with Crippen molar-refractivity contribution in [1.29, 1.82) is 0 Å². The fourth-order valence-electron chi connectivity index (χ4n) is 4.75. The first kappa shape index (κ1) is 16.8. The van der Waals surface area contributed by atoms with Crippen LogP contribution in [0.1, 0.15) is 48.9 Å². The van der Waals surface area contributed by atoms with Crippen LogP contribution in [-0.2, 0) is 16.6 Å². The van der Waals surface area contributed by atoms with Crippen molar-refractivity contribution in [1.82, 2.24) is 9.78 Å². The number of benzene rings is 1. The number of carbonyl (C=O) groups excluding carboxylic acids is 1. The maximum atomic E-state index is 10.8. The second-order valence-corrected chi connectivity index (χ2v) is 7.42. The van der Waals surface area contributed by atoms with Gasteiger partial charge in [0.2, 0.25) is 0 Å². The van der Waals surface area contributed by atoms with E-state index in [1.165, 1.54) is 43.7 Å². The lowest BCUT2D eigenvalue weighted by atomic mass is 9.61. The molecule has 4 nitrogen and oxygen atoms in total. The lowest BCUT2D eigenvalue weighted by Gasteiger charge is -2.43. The number of nitrogen functional groups attached to an aromatic ring is 1. The van der Waals surface area contributed by atoms with Crippen LogP contribution in [0.5, 0.6) is 0 Å². The molecule has 26 heavy (non-hydrogen) atoms. The molecule has 0 amide bonds. The van der Waals surface area contributed by atoms with Crippen LogP contribution in [0, 0.1) is 5.92 Å². The number of allylic oxidation sites excluding steroid dienone is 2. The summed E-state index contributed by atoms with van der Waals surface area (Å²) in [6.07, 6.45) is 15.8. The average Bonchev–Trinajstić information content (AvgIpc) is 3.02. The van der Waals surface area contributed by atoms with Gasteiger partial charge < -0.3 is 5.73 Å². The van der Waals surface area contributed by atoms with E-state index in [9.17, 15) is 4.79 Å². The molecule has 134 valence electrons. The first-order chi connectivity index (χ1) is 12.7. The Kier molecular flexibility index (Phi) is 4.49. The number of aldehydes is 1. The van der Waals surface area contributed by atoms with Crippen LogP contribution < -0.4 is 5.73 Å². The van der Waals surface area contributed by atoms with Gasteiger partial charge in [0.05, 0.1) is 5.69 Å². The highest BCUT2D eigenvalue weighted by atomic mass is 16.1. The third-order valence-corrected chi connectivity index (χ3v) is 6.04. The number of anilines is 1. The minimum Gasteiger partial charge on any atom is -0.382 e. The van der Waals surface area contributed by atoms with Crippen molar-refractivity contribution < 1.29 is 4.79 Å². The Labute approximate surface area is 154 Å². The summed E-state index contributed by atoms with van der Waals surface area (Å²) in [5.74, 6) is 1.14. The van der Waals surface area contributed by atoms with Crippen molar-refractivity contribution in [2.75, 3.05) is 5.73 Å². The minimum atomic E-state index is -0.0338. The summed E-state index contributed by atoms with van der Waals surface area (Å²) in [7, 11) is 0. The van der Waals surface area contributed by atoms with Gasteiger partial charge in [0, 0.05) is 23.6 Å². The molecule has 2 aromatic rings. The van der Waals surface area contributed by atoms with E-state index in [4.69, 9.17) is 5.73 Å². The highest BCUT2D eigenvalue weighted by molar-refractivity contribution is 5.72. The molecule has 1 fully saturated rings. The third-order valence-electron chi connectivity index (χ3n) is 6.04. The lowest BCUT2D eigenvalue weighted by Crippen LogP contribution is -2.39. The van der Waals surface area contributed by atoms with Crippen molar-refractivity contribution >= 4 is 24.4 Å². The van der Waals surface area contributed by atoms with Crippen LogP contribution in [0.25, 0.3) is 12.3 Å². The predicted molar refractivity (Wildman–Crippen MR) is 105 cm³/mol. The van der Waals surface area contributed by atoms with E-state index in [0.29, 0.717) is 11.7 Å². The van der Waals surface area contributed by atoms with E-state index in [-0.39, 0.29) is 5.41 Å². The Balaban J connectivity index is 1.83. The first-order valence-corrected chi connectivity index (χ1v) is 9.48. The third kappa shape index (κ3) is 2.79. The quantitative estimate of drug-likeness (QED) is 0.665. The molecule has 4 heteroatoms. The predicted octanol–water partition coefficient (Wildman–Crippen LogP) is 4.22. The molecule has 1 atom stereocenters. The van der Waals surface area contributed by atoms with Gasteiger partial charge in [0.25, 0.3) is 0 Å². The van der Waals surface area contributed by atoms with Gasteiger partial charge in [0.1, 0.15) is 6.29 Å². The summed E-state index contributed by atoms with van der Waals surface area (Å²) < 4.78 is 1.78. The molecule has 0 radical (unpaired) electrons. The number of aromatic nitrogens is 2. The summed E-state index contributed by atoms with van der Waals surface area (Å²) in [6, 6.07) is 10.8. The molecule has 2 aliphatic carbocycles. The Morgan fingerprint density at radius 1 is 1.15 bits per heavy atom. The summed E-state index contributed by atoms with van der Waals surface area (Å²) in [5.41, 5.74) is 9.54. The number of nitrogens with two attached hydrogens (primary N) is 1. The van der Waals surface area contributed by atoms with E-state index in [2.05, 4.69) is 47.6 Å². The summed E-state index contributed by atoms with van der Waals surface area (Å²) in [6.45, 7) is 0. The maximum Gasteiger partial charge on any atom is 0.153 e. The number of hydrogen-bond acceptors (Lipinski definition) is 3. The zero-order valence-corrected chi connectivity index (χ0v) is 15.0. The molecule has 1 aromatic carbocycles. The number of fused-ring (bicyclic) bond motifs is 1. The lowest BCUT2D eigenvalue weighted by molar-refractivity contribution is -0.104. The van der Waals surface area contributed by atoms with Crippen LogP contribution in [0.15, 0.2) is 42.5 Å². The second-order valence-electron chi connectivity index (χ2n) is 7.42. The molecule has 2 aliphatic rings. The monoisotopic (exact) mass is 347 g/mol. The molecule has 0 spiro atoms. The fraction of sp³-hybridized carbons (Fsp3) is 0.364. The second kappa shape index (κ2) is 6.94. The summed E-state index contributed by atoms with van der Waals surface area (Å²) in [4.78, 5) is 10.8. The van der Waals surface area contributed by atoms with Crippen LogP contribution in [0.3, 0.4) is 0 Å². The Morgan fingerprint density at radius 2 is 1.92 bits per heavy atom. The standard InChI is InChI=1S/C22H25N3O/c23-21-19-12-13-22(17-8-3-1-4-9-17,18-10-5-2-6-11-18)16-20(19)25(24-21)14-7-15-26/h1,3-4,7-9,12-15,18H,2,5-6,10-11,16H2,(H2,23,24). The fourth-order valence-corrected chi connectivity index (χ4v) is 4.75. The maximum absolute atomic E-state index is 10.8. The van der Waals surface area contributed by atoms with E-state index in [0.717, 1.165) is 24.0 Å². The smallest absolute Gasteiger partial charge is 0.153 e. The highest BCUT2D eigenvalue weighted by Crippen LogP contribution is 2.48. The van der Waals surface area contributed by atoms with Gasteiger partial charge in [-0.2, -0.15) is 5.10 Å². The van der Waals surface area contributed by atoms with Crippen LogP contribution in [0.2, 0.25) is 0 Å². The van der Waals surface area contributed by atoms with Crippen molar-refractivity contribution in [2.45, 2.75) is 43.9 Å². The van der Waals surface area contributed by atoms with Gasteiger partial charge >= 0.3 is 0 Å². The van der Waals surface area contributed by atoms with Crippen LogP contribution >= 0.6 is 0 Å². The molecule has 2 N–H and O–H groups in total. The highest BCUT2D eigenvalue weighted by Gasteiger charge is 2.42. The number of hydrogen-bond donors (Lipinski definition) is 1. The molecule has 1 heterocycles. The van der Waals surface area contributed by atoms with E-state index >= 15 is 0 Å². The topological polar surface area (TPSA) is 60.9 Å². The molecule has 0 saturated heterocycles.